The lowest BCUT2D eigenvalue weighted by molar-refractivity contribution is 0.391. The summed E-state index contributed by atoms with van der Waals surface area (Å²) >= 11 is 0. The van der Waals surface area contributed by atoms with E-state index in [2.05, 4.69) is 26.1 Å². The Hall–Kier alpha value is -0.870. The van der Waals surface area contributed by atoms with Gasteiger partial charge in [-0.25, -0.2) is 8.42 Å². The summed E-state index contributed by atoms with van der Waals surface area (Å²) in [5.41, 5.74) is 2.15. The van der Waals surface area contributed by atoms with Gasteiger partial charge in [0.25, 0.3) is 0 Å². The fourth-order valence-corrected chi connectivity index (χ4v) is 4.02. The molecule has 4 heteroatoms. The minimum atomic E-state index is -3.25. The van der Waals surface area contributed by atoms with Crippen LogP contribution in [0.25, 0.3) is 0 Å². The first-order chi connectivity index (χ1) is 9.81. The minimum Gasteiger partial charge on any atom is -0.313 e. The third kappa shape index (κ3) is 5.11. The zero-order valence-corrected chi connectivity index (χ0v) is 14.8. The molecular formula is C17H29NO2S. The highest BCUT2D eigenvalue weighted by molar-refractivity contribution is 7.91. The molecule has 0 amide bonds. The van der Waals surface area contributed by atoms with Crippen LogP contribution < -0.4 is 5.32 Å². The topological polar surface area (TPSA) is 46.2 Å². The minimum absolute atomic E-state index is 0.0153. The molecule has 2 atom stereocenters. The summed E-state index contributed by atoms with van der Waals surface area (Å²) in [5.74, 6) is 0.516. The zero-order chi connectivity index (χ0) is 16.0. The van der Waals surface area contributed by atoms with E-state index >= 15 is 0 Å². The molecule has 0 aromatic heterocycles. The summed E-state index contributed by atoms with van der Waals surface area (Å²) < 4.78 is 25.3. The second-order valence-corrected chi connectivity index (χ2v) is 8.01. The molecule has 3 nitrogen and oxygen atoms in total. The van der Waals surface area contributed by atoms with E-state index in [1.165, 1.54) is 0 Å². The normalized spacial score (nSPS) is 14.9. The van der Waals surface area contributed by atoms with Gasteiger partial charge in [0.1, 0.15) is 0 Å². The second kappa shape index (κ2) is 7.95. The summed E-state index contributed by atoms with van der Waals surface area (Å²) in [6, 6.07) is 5.42. The highest BCUT2D eigenvalue weighted by Gasteiger charge is 2.24. The molecule has 0 saturated carbocycles. The van der Waals surface area contributed by atoms with Crippen LogP contribution in [0.3, 0.4) is 0 Å². The molecule has 1 rings (SSSR count). The molecule has 120 valence electrons. The van der Waals surface area contributed by atoms with E-state index in [1.807, 2.05) is 19.9 Å². The molecule has 0 fully saturated rings. The number of nitrogens with one attached hydrogen (secondary N) is 1. The SMILES string of the molecule is CCCNC(CS(=O)(=O)c1ccc(C)c(C)c1)C(C)CC. The van der Waals surface area contributed by atoms with Crippen molar-refractivity contribution in [3.8, 4) is 0 Å². The summed E-state index contributed by atoms with van der Waals surface area (Å²) in [5, 5.41) is 3.39. The van der Waals surface area contributed by atoms with Gasteiger partial charge in [0.15, 0.2) is 9.84 Å². The Morgan fingerprint density at radius 1 is 1.14 bits per heavy atom. The molecule has 0 aliphatic carbocycles. The average Bonchev–Trinajstić information content (AvgIpc) is 2.45. The smallest absolute Gasteiger partial charge is 0.179 e. The molecule has 0 spiro atoms. The number of benzene rings is 1. The standard InChI is InChI=1S/C17H29NO2S/c1-6-10-18-17(13(3)7-2)12-21(19,20)16-9-8-14(4)15(5)11-16/h8-9,11,13,17-18H,6-7,10,12H2,1-5H3. The van der Waals surface area contributed by atoms with Gasteiger partial charge < -0.3 is 5.32 Å². The van der Waals surface area contributed by atoms with Crippen molar-refractivity contribution in [2.24, 2.45) is 5.92 Å². The van der Waals surface area contributed by atoms with Gasteiger partial charge in [-0.3, -0.25) is 0 Å². The largest absolute Gasteiger partial charge is 0.313 e. The molecular weight excluding hydrogens is 282 g/mol. The lowest BCUT2D eigenvalue weighted by atomic mass is 10.0. The van der Waals surface area contributed by atoms with Crippen molar-refractivity contribution >= 4 is 9.84 Å². The predicted molar refractivity (Wildman–Crippen MR) is 89.5 cm³/mol. The van der Waals surface area contributed by atoms with Gasteiger partial charge in [0.2, 0.25) is 0 Å². The van der Waals surface area contributed by atoms with Gasteiger partial charge >= 0.3 is 0 Å². The maximum Gasteiger partial charge on any atom is 0.179 e. The van der Waals surface area contributed by atoms with Crippen molar-refractivity contribution in [1.29, 1.82) is 0 Å². The van der Waals surface area contributed by atoms with Crippen LogP contribution in [-0.4, -0.2) is 26.8 Å². The summed E-state index contributed by atoms with van der Waals surface area (Å²) in [6.45, 7) is 11.1. The molecule has 1 aromatic carbocycles. The zero-order valence-electron chi connectivity index (χ0n) is 13.9. The Labute approximate surface area is 130 Å². The molecule has 0 bridgehead atoms. The van der Waals surface area contributed by atoms with Crippen LogP contribution in [0, 0.1) is 19.8 Å². The van der Waals surface area contributed by atoms with Crippen LogP contribution in [0.5, 0.6) is 0 Å². The first-order valence-electron chi connectivity index (χ1n) is 7.85. The van der Waals surface area contributed by atoms with Crippen molar-refractivity contribution in [1.82, 2.24) is 5.32 Å². The average molecular weight is 311 g/mol. The molecule has 0 aliphatic heterocycles. The molecule has 1 aromatic rings. The molecule has 0 saturated heterocycles. The van der Waals surface area contributed by atoms with Crippen molar-refractivity contribution in [3.05, 3.63) is 29.3 Å². The quantitative estimate of drug-likeness (QED) is 0.799. The van der Waals surface area contributed by atoms with E-state index in [0.29, 0.717) is 10.8 Å². The number of sulfone groups is 1. The molecule has 0 radical (unpaired) electrons. The first kappa shape index (κ1) is 18.2. The van der Waals surface area contributed by atoms with E-state index in [4.69, 9.17) is 0 Å². The predicted octanol–water partition coefficient (Wildman–Crippen LogP) is 3.49. The van der Waals surface area contributed by atoms with Crippen LogP contribution in [0.15, 0.2) is 23.1 Å². The lowest BCUT2D eigenvalue weighted by Crippen LogP contribution is -2.41. The highest BCUT2D eigenvalue weighted by atomic mass is 32.2. The monoisotopic (exact) mass is 311 g/mol. The number of rotatable bonds is 8. The maximum atomic E-state index is 12.6. The van der Waals surface area contributed by atoms with Gasteiger partial charge in [-0.15, -0.1) is 0 Å². The van der Waals surface area contributed by atoms with Gasteiger partial charge in [0.05, 0.1) is 10.6 Å². The fourth-order valence-electron chi connectivity index (χ4n) is 2.28. The Morgan fingerprint density at radius 2 is 1.81 bits per heavy atom. The van der Waals surface area contributed by atoms with Gasteiger partial charge in [-0.1, -0.05) is 33.3 Å². The fraction of sp³-hybridized carbons (Fsp3) is 0.647. The third-order valence-corrected chi connectivity index (χ3v) is 5.99. The highest BCUT2D eigenvalue weighted by Crippen LogP contribution is 2.19. The van der Waals surface area contributed by atoms with Gasteiger partial charge in [0, 0.05) is 6.04 Å². The van der Waals surface area contributed by atoms with Crippen molar-refractivity contribution in [3.63, 3.8) is 0 Å². The van der Waals surface area contributed by atoms with E-state index in [1.54, 1.807) is 12.1 Å². The molecule has 0 heterocycles. The maximum absolute atomic E-state index is 12.6. The Bertz CT molecular complexity index is 552. The van der Waals surface area contributed by atoms with Gasteiger partial charge in [-0.05, 0) is 56.0 Å². The van der Waals surface area contributed by atoms with E-state index in [9.17, 15) is 8.42 Å². The van der Waals surface area contributed by atoms with Crippen LogP contribution in [0.2, 0.25) is 0 Å². The van der Waals surface area contributed by atoms with Gasteiger partial charge in [-0.2, -0.15) is 0 Å². The molecule has 1 N–H and O–H groups in total. The van der Waals surface area contributed by atoms with Crippen LogP contribution in [-0.2, 0) is 9.84 Å². The summed E-state index contributed by atoms with van der Waals surface area (Å²) in [4.78, 5) is 0.442. The summed E-state index contributed by atoms with van der Waals surface area (Å²) in [6.07, 6.45) is 1.99. The molecule has 0 aliphatic rings. The van der Waals surface area contributed by atoms with E-state index in [-0.39, 0.29) is 11.8 Å². The van der Waals surface area contributed by atoms with Crippen molar-refractivity contribution in [2.75, 3.05) is 12.3 Å². The Kier molecular flexibility index (Phi) is 6.88. The van der Waals surface area contributed by atoms with E-state index in [0.717, 1.165) is 30.5 Å². The van der Waals surface area contributed by atoms with Crippen molar-refractivity contribution < 1.29 is 8.42 Å². The lowest BCUT2D eigenvalue weighted by Gasteiger charge is -2.24. The Balaban J connectivity index is 2.96. The molecule has 2 unspecified atom stereocenters. The van der Waals surface area contributed by atoms with Crippen molar-refractivity contribution in [2.45, 2.75) is 58.4 Å². The number of aryl methyl sites for hydroxylation is 2. The second-order valence-electron chi connectivity index (χ2n) is 5.97. The summed E-state index contributed by atoms with van der Waals surface area (Å²) in [7, 11) is -3.25. The molecule has 21 heavy (non-hydrogen) atoms. The van der Waals surface area contributed by atoms with Crippen LogP contribution in [0.1, 0.15) is 44.7 Å². The number of hydrogen-bond acceptors (Lipinski definition) is 3. The Morgan fingerprint density at radius 3 is 2.33 bits per heavy atom. The van der Waals surface area contributed by atoms with E-state index < -0.39 is 9.84 Å². The van der Waals surface area contributed by atoms with Crippen LogP contribution in [0.4, 0.5) is 0 Å². The number of hydrogen-bond donors (Lipinski definition) is 1. The first-order valence-corrected chi connectivity index (χ1v) is 9.50. The van der Waals surface area contributed by atoms with Crippen LogP contribution >= 0.6 is 0 Å². The third-order valence-electron chi connectivity index (χ3n) is 4.22.